The fourth-order valence-electron chi connectivity index (χ4n) is 4.81. The average Bonchev–Trinajstić information content (AvgIpc) is 3.17. The normalized spacial score (nSPS) is 14.8. The zero-order chi connectivity index (χ0) is 28.2. The molecular weight excluding hydrogens is 543 g/mol. The van der Waals surface area contributed by atoms with Gasteiger partial charge in [0.05, 0.1) is 23.6 Å². The summed E-state index contributed by atoms with van der Waals surface area (Å²) in [6.07, 6.45) is -0.169. The summed E-state index contributed by atoms with van der Waals surface area (Å²) in [7, 11) is 3.76. The van der Waals surface area contributed by atoms with E-state index in [0.29, 0.717) is 22.1 Å². The summed E-state index contributed by atoms with van der Waals surface area (Å²) < 4.78 is 0. The summed E-state index contributed by atoms with van der Waals surface area (Å²) in [5, 5.41) is 1.27. The maximum atomic E-state index is 12.5. The number of hydrogen-bond acceptors (Lipinski definition) is 4. The molecule has 6 rings (SSSR count). The molecule has 40 heavy (non-hydrogen) atoms. The van der Waals surface area contributed by atoms with Gasteiger partial charge in [0.15, 0.2) is 0 Å². The molecular formula is C32H28Cl2N4O2. The zero-order valence-electron chi connectivity index (χ0n) is 22.2. The van der Waals surface area contributed by atoms with E-state index in [4.69, 9.17) is 28.2 Å². The number of anilines is 4. The molecule has 0 fully saturated rings. The van der Waals surface area contributed by atoms with Gasteiger partial charge < -0.3 is 9.80 Å². The Kier molecular flexibility index (Phi) is 8.19. The van der Waals surface area contributed by atoms with Gasteiger partial charge >= 0.3 is 0 Å². The van der Waals surface area contributed by atoms with E-state index >= 15 is 0 Å². The van der Waals surface area contributed by atoms with Crippen molar-refractivity contribution in [1.82, 2.24) is 0 Å². The number of nitrogens with zero attached hydrogens (tertiary/aromatic N) is 4. The third-order valence-corrected chi connectivity index (χ3v) is 7.33. The molecule has 0 saturated carbocycles. The summed E-state index contributed by atoms with van der Waals surface area (Å²) in [5.41, 5.74) is 6.47. The monoisotopic (exact) mass is 570 g/mol. The van der Waals surface area contributed by atoms with Crippen LogP contribution in [0, 0.1) is 0 Å². The van der Waals surface area contributed by atoms with E-state index in [1.807, 2.05) is 60.7 Å². The van der Waals surface area contributed by atoms with Crippen molar-refractivity contribution in [2.45, 2.75) is 6.42 Å². The van der Waals surface area contributed by atoms with Crippen LogP contribution in [-0.4, -0.2) is 44.7 Å². The molecule has 4 aromatic carbocycles. The Morgan fingerprint density at radius 3 is 2.02 bits per heavy atom. The molecule has 0 N–H and O–H groups in total. The molecule has 0 bridgehead atoms. The molecule has 0 radical (unpaired) electrons. The van der Waals surface area contributed by atoms with Crippen LogP contribution in [0.25, 0.3) is 0 Å². The second-order valence-electron chi connectivity index (χ2n) is 9.51. The number of carbonyl (C=O) groups excluding carboxylic acids is 2. The van der Waals surface area contributed by atoms with Gasteiger partial charge in [0.25, 0.3) is 0 Å². The highest BCUT2D eigenvalue weighted by molar-refractivity contribution is 6.32. The van der Waals surface area contributed by atoms with E-state index in [1.165, 1.54) is 10.6 Å². The molecule has 0 spiro atoms. The third-order valence-electron chi connectivity index (χ3n) is 6.86. The van der Waals surface area contributed by atoms with Crippen LogP contribution in [0.3, 0.4) is 0 Å². The summed E-state index contributed by atoms with van der Waals surface area (Å²) in [6.45, 7) is 1.72. The summed E-state index contributed by atoms with van der Waals surface area (Å²) in [4.78, 5) is 34.6. The fraction of sp³-hybridized carbons (Fsp3) is 0.156. The molecule has 2 aliphatic rings. The number of para-hydroxylation sites is 1. The maximum Gasteiger partial charge on any atom is 0.241 e. The van der Waals surface area contributed by atoms with Gasteiger partial charge in [-0.2, -0.15) is 0 Å². The van der Waals surface area contributed by atoms with Crippen LogP contribution in [0.4, 0.5) is 22.7 Å². The Labute approximate surface area is 244 Å². The Morgan fingerprint density at radius 1 is 0.700 bits per heavy atom. The van der Waals surface area contributed by atoms with Crippen LogP contribution in [0.5, 0.6) is 0 Å². The molecule has 0 aromatic heterocycles. The Hall–Kier alpha value is -4.13. The summed E-state index contributed by atoms with van der Waals surface area (Å²) in [6, 6.07) is 30.7. The van der Waals surface area contributed by atoms with E-state index in [0.717, 1.165) is 35.0 Å². The highest BCUT2D eigenvalue weighted by Gasteiger charge is 2.30. The Bertz CT molecular complexity index is 1570. The first-order valence-corrected chi connectivity index (χ1v) is 13.6. The van der Waals surface area contributed by atoms with Crippen molar-refractivity contribution in [3.8, 4) is 0 Å². The first-order valence-electron chi connectivity index (χ1n) is 12.9. The van der Waals surface area contributed by atoms with Gasteiger partial charge in [-0.25, -0.2) is 0 Å². The first-order chi connectivity index (χ1) is 19.3. The SMILES string of the molecule is CN1C(=O)CC(=O)N(c2ccccc2)c2cc(Cl)ccc21.CN1CCN=C(c2ccccc2)c2cc(Cl)ccc21. The highest BCUT2D eigenvalue weighted by atomic mass is 35.5. The molecule has 4 aromatic rings. The first kappa shape index (κ1) is 27.4. The predicted octanol–water partition coefficient (Wildman–Crippen LogP) is 7.00. The van der Waals surface area contributed by atoms with Crippen LogP contribution in [0.2, 0.25) is 10.0 Å². The third kappa shape index (κ3) is 5.74. The predicted molar refractivity (Wildman–Crippen MR) is 165 cm³/mol. The number of likely N-dealkylation sites (N-methyl/N-ethyl adjacent to an activating group) is 1. The number of carbonyl (C=O) groups is 2. The van der Waals surface area contributed by atoms with Gasteiger partial charge in [-0.3, -0.25) is 19.5 Å². The minimum absolute atomic E-state index is 0.169. The lowest BCUT2D eigenvalue weighted by Gasteiger charge is -2.24. The number of amides is 2. The minimum Gasteiger partial charge on any atom is -0.372 e. The Balaban J connectivity index is 0.000000162. The lowest BCUT2D eigenvalue weighted by molar-refractivity contribution is -0.125. The largest absolute Gasteiger partial charge is 0.372 e. The highest BCUT2D eigenvalue weighted by Crippen LogP contribution is 2.39. The smallest absolute Gasteiger partial charge is 0.241 e. The van der Waals surface area contributed by atoms with Gasteiger partial charge in [0.2, 0.25) is 11.8 Å². The summed E-state index contributed by atoms with van der Waals surface area (Å²) in [5.74, 6) is -0.499. The van der Waals surface area contributed by atoms with Gasteiger partial charge in [-0.05, 0) is 48.5 Å². The molecule has 202 valence electrons. The molecule has 8 heteroatoms. The van der Waals surface area contributed by atoms with Crippen molar-refractivity contribution in [3.63, 3.8) is 0 Å². The number of benzene rings is 4. The van der Waals surface area contributed by atoms with E-state index in [-0.39, 0.29) is 18.2 Å². The molecule has 2 heterocycles. The zero-order valence-corrected chi connectivity index (χ0v) is 23.7. The van der Waals surface area contributed by atoms with Crippen LogP contribution in [0.15, 0.2) is 102 Å². The lowest BCUT2D eigenvalue weighted by Crippen LogP contribution is -2.28. The van der Waals surface area contributed by atoms with Crippen LogP contribution >= 0.6 is 23.2 Å². The number of aliphatic imine (C=N–C) groups is 1. The molecule has 0 unspecified atom stereocenters. The minimum atomic E-state index is -0.265. The maximum absolute atomic E-state index is 12.5. The van der Waals surface area contributed by atoms with Crippen molar-refractivity contribution in [2.75, 3.05) is 41.9 Å². The van der Waals surface area contributed by atoms with Crippen molar-refractivity contribution < 1.29 is 9.59 Å². The second kappa shape index (κ2) is 11.9. The number of benzodiazepines with no additional fused rings is 1. The molecule has 0 atom stereocenters. The quantitative estimate of drug-likeness (QED) is 0.244. The van der Waals surface area contributed by atoms with Crippen molar-refractivity contribution in [2.24, 2.45) is 4.99 Å². The fourth-order valence-corrected chi connectivity index (χ4v) is 5.14. The Morgan fingerprint density at radius 2 is 1.32 bits per heavy atom. The summed E-state index contributed by atoms with van der Waals surface area (Å²) >= 11 is 12.2. The number of rotatable bonds is 2. The van der Waals surface area contributed by atoms with Crippen LogP contribution in [-0.2, 0) is 9.59 Å². The van der Waals surface area contributed by atoms with Crippen molar-refractivity contribution in [1.29, 1.82) is 0 Å². The van der Waals surface area contributed by atoms with Gasteiger partial charge in [0.1, 0.15) is 6.42 Å². The van der Waals surface area contributed by atoms with Gasteiger partial charge in [-0.1, -0.05) is 71.7 Å². The number of halogens is 2. The van der Waals surface area contributed by atoms with E-state index in [2.05, 4.69) is 30.1 Å². The van der Waals surface area contributed by atoms with Gasteiger partial charge in [0, 0.05) is 53.2 Å². The molecule has 2 amide bonds. The number of hydrogen-bond donors (Lipinski definition) is 0. The molecule has 0 saturated heterocycles. The second-order valence-corrected chi connectivity index (χ2v) is 10.4. The molecule has 6 nitrogen and oxygen atoms in total. The standard InChI is InChI=1S/C16H13ClN2O2.C16H15ClN2/c1-18-13-8-7-11(17)9-14(13)19(16(21)10-15(18)20)12-5-3-2-4-6-12;1-19-10-9-18-16(12-5-3-2-4-6-12)14-11-13(17)7-8-15(14)19/h2-9H,10H2,1H3;2-8,11H,9-10H2,1H3. The number of fused-ring (bicyclic) bond motifs is 2. The lowest BCUT2D eigenvalue weighted by atomic mass is 10.0. The topological polar surface area (TPSA) is 56.2 Å². The van der Waals surface area contributed by atoms with Crippen molar-refractivity contribution >= 4 is 63.5 Å². The van der Waals surface area contributed by atoms with E-state index < -0.39 is 0 Å². The average molecular weight is 572 g/mol. The van der Waals surface area contributed by atoms with E-state index in [1.54, 1.807) is 30.1 Å². The van der Waals surface area contributed by atoms with Crippen LogP contribution < -0.4 is 14.7 Å². The van der Waals surface area contributed by atoms with Crippen molar-refractivity contribution in [3.05, 3.63) is 118 Å². The van der Waals surface area contributed by atoms with Crippen LogP contribution in [0.1, 0.15) is 17.5 Å². The molecule has 2 aliphatic heterocycles. The van der Waals surface area contributed by atoms with Gasteiger partial charge in [-0.15, -0.1) is 0 Å². The molecule has 0 aliphatic carbocycles. The van der Waals surface area contributed by atoms with E-state index in [9.17, 15) is 9.59 Å².